The highest BCUT2D eigenvalue weighted by molar-refractivity contribution is 14.1. The maximum Gasteiger partial charge on any atom is 0.330 e. The number of aromatic amines is 1. The Hall–Kier alpha value is -0.670. The van der Waals surface area contributed by atoms with E-state index in [0.29, 0.717) is 12.2 Å². The van der Waals surface area contributed by atoms with Crippen LogP contribution in [0.3, 0.4) is 0 Å². The molecule has 0 amide bonds. The topological polar surface area (TPSA) is 73.3 Å². The van der Waals surface area contributed by atoms with E-state index in [1.807, 2.05) is 23.0 Å². The van der Waals surface area contributed by atoms with Crippen molar-refractivity contribution in [3.63, 3.8) is 0 Å². The van der Waals surface area contributed by atoms with Crippen LogP contribution in [-0.2, 0) is 7.80 Å². The number of rotatable bonds is 3. The van der Waals surface area contributed by atoms with Gasteiger partial charge in [0.2, 0.25) is 0 Å². The lowest BCUT2D eigenvalue weighted by atomic mass is 10.2. The second-order valence-corrected chi connectivity index (χ2v) is 4.67. The van der Waals surface area contributed by atoms with E-state index < -0.39 is 5.69 Å². The maximum atomic E-state index is 11.6. The molecule has 1 aliphatic heterocycles. The highest BCUT2D eigenvalue weighted by atomic mass is 127. The normalized spacial score (nSPS) is 24.1. The SMILES string of the molecule is Cc1cn(C2CCC(COI)O2)c(=O)[nH]c1=O. The van der Waals surface area contributed by atoms with Gasteiger partial charge in [-0.2, -0.15) is 0 Å². The Labute approximate surface area is 112 Å². The van der Waals surface area contributed by atoms with E-state index in [-0.39, 0.29) is 17.9 Å². The van der Waals surface area contributed by atoms with Crippen LogP contribution in [-0.4, -0.2) is 22.3 Å². The quantitative estimate of drug-likeness (QED) is 0.820. The summed E-state index contributed by atoms with van der Waals surface area (Å²) in [4.78, 5) is 25.2. The first-order chi connectivity index (χ1) is 8.11. The molecule has 1 saturated heterocycles. The molecule has 17 heavy (non-hydrogen) atoms. The predicted molar refractivity (Wildman–Crippen MR) is 69.2 cm³/mol. The molecule has 1 aliphatic rings. The van der Waals surface area contributed by atoms with Gasteiger partial charge in [0.15, 0.2) is 0 Å². The van der Waals surface area contributed by atoms with Gasteiger partial charge in [-0.05, 0) is 19.8 Å². The molecule has 1 fully saturated rings. The number of hydrogen-bond acceptors (Lipinski definition) is 4. The molecule has 0 aromatic carbocycles. The van der Waals surface area contributed by atoms with Gasteiger partial charge in [0, 0.05) is 11.8 Å². The van der Waals surface area contributed by atoms with Gasteiger partial charge in [-0.25, -0.2) is 4.79 Å². The first kappa shape index (κ1) is 12.8. The molecular weight excluding hydrogens is 339 g/mol. The molecule has 0 radical (unpaired) electrons. The molecule has 1 aromatic rings. The van der Waals surface area contributed by atoms with Crippen LogP contribution in [0.2, 0.25) is 0 Å². The van der Waals surface area contributed by atoms with Crippen LogP contribution in [0.15, 0.2) is 15.8 Å². The lowest BCUT2D eigenvalue weighted by molar-refractivity contribution is -0.0141. The van der Waals surface area contributed by atoms with Crippen LogP contribution in [0.4, 0.5) is 0 Å². The summed E-state index contributed by atoms with van der Waals surface area (Å²) in [6.45, 7) is 2.17. The van der Waals surface area contributed by atoms with E-state index in [9.17, 15) is 9.59 Å². The minimum Gasteiger partial charge on any atom is -0.352 e. The Bertz CT molecular complexity index is 510. The molecule has 1 N–H and O–H groups in total. The fourth-order valence-electron chi connectivity index (χ4n) is 1.88. The predicted octanol–water partition coefficient (Wildman–Crippen LogP) is 0.889. The van der Waals surface area contributed by atoms with Crippen molar-refractivity contribution in [3.05, 3.63) is 32.6 Å². The molecule has 0 bridgehead atoms. The van der Waals surface area contributed by atoms with Crippen molar-refractivity contribution in [2.75, 3.05) is 6.61 Å². The standard InChI is InChI=1S/C10H13IN2O4/c1-6-4-13(10(15)12-9(6)14)8-3-2-7(17-8)5-16-11/h4,7-8H,2-3,5H2,1H3,(H,12,14,15). The number of halogens is 1. The van der Waals surface area contributed by atoms with Crippen LogP contribution >= 0.6 is 23.0 Å². The van der Waals surface area contributed by atoms with Crippen LogP contribution in [0.25, 0.3) is 0 Å². The third-order valence-corrected chi connectivity index (χ3v) is 3.15. The largest absolute Gasteiger partial charge is 0.352 e. The monoisotopic (exact) mass is 352 g/mol. The Morgan fingerprint density at radius 3 is 3.06 bits per heavy atom. The molecule has 2 atom stereocenters. The third-order valence-electron chi connectivity index (χ3n) is 2.79. The Kier molecular flexibility index (Phi) is 4.00. The zero-order valence-electron chi connectivity index (χ0n) is 9.31. The van der Waals surface area contributed by atoms with Gasteiger partial charge in [0.25, 0.3) is 5.56 Å². The van der Waals surface area contributed by atoms with E-state index in [4.69, 9.17) is 7.80 Å². The second kappa shape index (κ2) is 5.32. The number of ether oxygens (including phenoxy) is 1. The summed E-state index contributed by atoms with van der Waals surface area (Å²) in [7, 11) is 0. The molecule has 94 valence electrons. The molecule has 2 heterocycles. The van der Waals surface area contributed by atoms with E-state index in [2.05, 4.69) is 4.98 Å². The van der Waals surface area contributed by atoms with Crippen molar-refractivity contribution in [2.24, 2.45) is 0 Å². The number of aromatic nitrogens is 2. The van der Waals surface area contributed by atoms with Crippen molar-refractivity contribution in [3.8, 4) is 0 Å². The maximum absolute atomic E-state index is 11.6. The summed E-state index contributed by atoms with van der Waals surface area (Å²) in [5, 5.41) is 0. The highest BCUT2D eigenvalue weighted by Crippen LogP contribution is 2.27. The van der Waals surface area contributed by atoms with Gasteiger partial charge in [0.1, 0.15) is 29.2 Å². The van der Waals surface area contributed by atoms with Crippen LogP contribution in [0, 0.1) is 6.92 Å². The van der Waals surface area contributed by atoms with Crippen LogP contribution in [0.5, 0.6) is 0 Å². The summed E-state index contributed by atoms with van der Waals surface area (Å²) in [5.74, 6) is 0. The summed E-state index contributed by atoms with van der Waals surface area (Å²) >= 11 is 1.82. The molecule has 0 spiro atoms. The number of hydrogen-bond donors (Lipinski definition) is 1. The summed E-state index contributed by atoms with van der Waals surface area (Å²) in [6, 6.07) is 0. The first-order valence-corrected chi connectivity index (χ1v) is 6.21. The Morgan fingerprint density at radius 2 is 2.35 bits per heavy atom. The number of aryl methyl sites for hydroxylation is 1. The minimum atomic E-state index is -0.429. The van der Waals surface area contributed by atoms with Gasteiger partial charge < -0.3 is 7.80 Å². The van der Waals surface area contributed by atoms with Gasteiger partial charge in [-0.15, -0.1) is 0 Å². The molecule has 7 heteroatoms. The second-order valence-electron chi connectivity index (χ2n) is 4.04. The zero-order valence-corrected chi connectivity index (χ0v) is 11.5. The van der Waals surface area contributed by atoms with Gasteiger partial charge in [0.05, 0.1) is 12.7 Å². The number of nitrogens with one attached hydrogen (secondary N) is 1. The minimum absolute atomic E-state index is 0.0102. The van der Waals surface area contributed by atoms with Gasteiger partial charge >= 0.3 is 5.69 Å². The number of nitrogens with zero attached hydrogens (tertiary/aromatic N) is 1. The summed E-state index contributed by atoms with van der Waals surface area (Å²) in [5.41, 5.74) is -0.278. The fourth-order valence-corrected chi connectivity index (χ4v) is 2.29. The van der Waals surface area contributed by atoms with E-state index >= 15 is 0 Å². The average molecular weight is 352 g/mol. The van der Waals surface area contributed by atoms with Crippen molar-refractivity contribution < 1.29 is 7.80 Å². The van der Waals surface area contributed by atoms with Crippen LogP contribution < -0.4 is 11.2 Å². The molecular formula is C10H13IN2O4. The van der Waals surface area contributed by atoms with E-state index in [1.54, 1.807) is 13.1 Å². The smallest absolute Gasteiger partial charge is 0.330 e. The zero-order chi connectivity index (χ0) is 12.4. The molecule has 1 aromatic heterocycles. The highest BCUT2D eigenvalue weighted by Gasteiger charge is 2.27. The molecule has 6 nitrogen and oxygen atoms in total. The van der Waals surface area contributed by atoms with Gasteiger partial charge in [-0.1, -0.05) is 0 Å². The fraction of sp³-hybridized carbons (Fsp3) is 0.600. The summed E-state index contributed by atoms with van der Waals surface area (Å²) < 4.78 is 12.1. The van der Waals surface area contributed by atoms with Crippen LogP contribution in [0.1, 0.15) is 24.6 Å². The van der Waals surface area contributed by atoms with Crippen molar-refractivity contribution in [1.82, 2.24) is 9.55 Å². The van der Waals surface area contributed by atoms with Crippen molar-refractivity contribution in [1.29, 1.82) is 0 Å². The lowest BCUT2D eigenvalue weighted by Crippen LogP contribution is -2.33. The van der Waals surface area contributed by atoms with Crippen molar-refractivity contribution in [2.45, 2.75) is 32.1 Å². The van der Waals surface area contributed by atoms with E-state index in [1.165, 1.54) is 4.57 Å². The van der Waals surface area contributed by atoms with E-state index in [0.717, 1.165) is 12.8 Å². The third kappa shape index (κ3) is 2.78. The number of H-pyrrole nitrogens is 1. The Balaban J connectivity index is 2.22. The molecule has 2 unspecified atom stereocenters. The average Bonchev–Trinajstić information content (AvgIpc) is 2.72. The molecule has 2 rings (SSSR count). The summed E-state index contributed by atoms with van der Waals surface area (Å²) in [6.07, 6.45) is 2.83. The lowest BCUT2D eigenvalue weighted by Gasteiger charge is -2.15. The molecule has 0 saturated carbocycles. The molecule has 0 aliphatic carbocycles. The van der Waals surface area contributed by atoms with Crippen molar-refractivity contribution >= 4 is 23.0 Å². The van der Waals surface area contributed by atoms with Gasteiger partial charge in [-0.3, -0.25) is 14.3 Å². The first-order valence-electron chi connectivity index (χ1n) is 5.33. The Morgan fingerprint density at radius 1 is 1.59 bits per heavy atom.